The molecule has 0 aliphatic carbocycles. The minimum atomic E-state index is -0.658. The number of halogens is 1. The van der Waals surface area contributed by atoms with E-state index < -0.39 is 11.9 Å². The summed E-state index contributed by atoms with van der Waals surface area (Å²) in [7, 11) is 0. The maximum absolute atomic E-state index is 16.2. The fraction of sp³-hybridized carbons (Fsp3) is 0.438. The van der Waals surface area contributed by atoms with Crippen molar-refractivity contribution in [1.82, 2.24) is 15.1 Å². The number of carbonyl (C=O) groups is 3. The highest BCUT2D eigenvalue weighted by Gasteiger charge is 2.46. The smallest absolute Gasteiger partial charge is 0.255 e. The Morgan fingerprint density at radius 2 is 1.67 bits per heavy atom. The number of hydrogen-bond acceptors (Lipinski definition) is 10. The number of hydrogen-bond donors (Lipinski definition) is 2. The Balaban J connectivity index is 0.710. The summed E-state index contributed by atoms with van der Waals surface area (Å²) >= 11 is 0. The van der Waals surface area contributed by atoms with Crippen LogP contribution in [0.1, 0.15) is 76.6 Å². The standard InChI is InChI=1S/C48H50FN5O7/c49-38-20-31(44-35-8-7-33(55)21-42(35)59-28-37(44)30-4-2-1-3-5-30)6-10-39(38)52-16-14-48(15-17-52)22-29(26-61-48)23-51-18-19-53-32(24-51)27-60-45-36-25-54(41-12-13-43(56)50-46(41)57)47(58)34(36)9-11-40(45)53/h1-11,20-21,29,32,37,41,44,55H,12-19,22-28H2,(H,50,56,57)/t29?,32-,37+,41+,44+/m0/s1. The van der Waals surface area contributed by atoms with Crippen molar-refractivity contribution in [2.24, 2.45) is 5.92 Å². The van der Waals surface area contributed by atoms with E-state index in [0.717, 1.165) is 98.8 Å². The molecule has 4 saturated heterocycles. The number of ether oxygens (including phenoxy) is 3. The minimum absolute atomic E-state index is 0.00191. The molecular weight excluding hydrogens is 778 g/mol. The lowest BCUT2D eigenvalue weighted by atomic mass is 9.76. The van der Waals surface area contributed by atoms with E-state index in [9.17, 15) is 19.5 Å². The highest BCUT2D eigenvalue weighted by Crippen LogP contribution is 2.49. The molecule has 0 radical (unpaired) electrons. The SMILES string of the molecule is O=C1CC[C@@H](N2Cc3c(ccc4c3OC[C@@H]3CN(CC5COC6(CCN(c7ccc([C@@H]8c9ccc(O)cc9OC[C@@H]8c8ccccc8)cc7F)CC6)C5)CCN43)C2=O)C(=O)N1. The molecule has 7 aliphatic heterocycles. The number of benzene rings is 4. The van der Waals surface area contributed by atoms with E-state index >= 15 is 4.39 Å². The Morgan fingerprint density at radius 1 is 0.836 bits per heavy atom. The minimum Gasteiger partial charge on any atom is -0.508 e. The summed E-state index contributed by atoms with van der Waals surface area (Å²) in [6, 6.07) is 24.5. The molecule has 61 heavy (non-hydrogen) atoms. The number of anilines is 2. The molecule has 4 aromatic rings. The molecule has 13 heteroatoms. The van der Waals surface area contributed by atoms with Gasteiger partial charge in [0.2, 0.25) is 11.8 Å². The topological polar surface area (TPSA) is 124 Å². The first-order valence-electron chi connectivity index (χ1n) is 21.8. The van der Waals surface area contributed by atoms with Gasteiger partial charge < -0.3 is 34.0 Å². The average Bonchev–Trinajstić information content (AvgIpc) is 3.82. The number of imide groups is 1. The van der Waals surface area contributed by atoms with Crippen LogP contribution in [0.2, 0.25) is 0 Å². The van der Waals surface area contributed by atoms with Gasteiger partial charge in [0.25, 0.3) is 5.91 Å². The van der Waals surface area contributed by atoms with Crippen molar-refractivity contribution in [3.63, 3.8) is 0 Å². The number of nitrogens with zero attached hydrogens (tertiary/aromatic N) is 4. The van der Waals surface area contributed by atoms with Gasteiger partial charge >= 0.3 is 0 Å². The van der Waals surface area contributed by atoms with Crippen molar-refractivity contribution >= 4 is 29.1 Å². The van der Waals surface area contributed by atoms with Gasteiger partial charge in [-0.05, 0) is 73.1 Å². The first kappa shape index (κ1) is 38.3. The van der Waals surface area contributed by atoms with Gasteiger partial charge in [0.1, 0.15) is 35.7 Å². The van der Waals surface area contributed by atoms with Crippen LogP contribution in [0.25, 0.3) is 0 Å². The molecule has 4 fully saturated rings. The number of aromatic hydroxyl groups is 1. The fourth-order valence-electron chi connectivity index (χ4n) is 11.4. The van der Waals surface area contributed by atoms with E-state index in [4.69, 9.17) is 14.2 Å². The monoisotopic (exact) mass is 827 g/mol. The fourth-order valence-corrected chi connectivity index (χ4v) is 11.4. The van der Waals surface area contributed by atoms with Crippen LogP contribution in [0, 0.1) is 11.7 Å². The second-order valence-electron chi connectivity index (χ2n) is 18.0. The predicted octanol–water partition coefficient (Wildman–Crippen LogP) is 5.56. The van der Waals surface area contributed by atoms with E-state index in [1.807, 2.05) is 42.5 Å². The molecule has 316 valence electrons. The first-order valence-corrected chi connectivity index (χ1v) is 21.8. The van der Waals surface area contributed by atoms with Gasteiger partial charge in [-0.3, -0.25) is 24.6 Å². The number of piperidine rings is 2. The quantitative estimate of drug-likeness (QED) is 0.239. The molecule has 0 saturated carbocycles. The molecule has 0 bridgehead atoms. The maximum Gasteiger partial charge on any atom is 0.255 e. The lowest BCUT2D eigenvalue weighted by Crippen LogP contribution is -2.58. The zero-order valence-corrected chi connectivity index (χ0v) is 34.1. The van der Waals surface area contributed by atoms with Crippen LogP contribution in [0.5, 0.6) is 17.2 Å². The normalized spacial score (nSPS) is 26.9. The number of rotatable bonds is 6. The van der Waals surface area contributed by atoms with Crippen LogP contribution in [-0.4, -0.2) is 109 Å². The number of phenolic OH excluding ortho intramolecular Hbond substituents is 1. The van der Waals surface area contributed by atoms with Crippen molar-refractivity contribution < 1.29 is 38.1 Å². The molecular formula is C48H50FN5O7. The third kappa shape index (κ3) is 6.77. The van der Waals surface area contributed by atoms with Crippen LogP contribution in [0.15, 0.2) is 78.9 Å². The Labute approximate surface area is 354 Å². The Kier molecular flexibility index (Phi) is 9.45. The van der Waals surface area contributed by atoms with E-state index in [1.165, 1.54) is 0 Å². The molecule has 7 aliphatic rings. The first-order chi connectivity index (χ1) is 29.7. The number of nitrogens with one attached hydrogen (secondary N) is 1. The zero-order chi connectivity index (χ0) is 41.4. The molecule has 11 rings (SSSR count). The van der Waals surface area contributed by atoms with Gasteiger partial charge in [0.15, 0.2) is 0 Å². The third-order valence-corrected chi connectivity index (χ3v) is 14.5. The van der Waals surface area contributed by atoms with E-state index in [-0.39, 0.29) is 53.3 Å². The molecule has 3 amide bonds. The summed E-state index contributed by atoms with van der Waals surface area (Å²) in [6.45, 7) is 7.03. The molecule has 4 aromatic carbocycles. The van der Waals surface area contributed by atoms with Gasteiger partial charge in [-0.2, -0.15) is 0 Å². The van der Waals surface area contributed by atoms with Gasteiger partial charge in [-0.15, -0.1) is 0 Å². The summed E-state index contributed by atoms with van der Waals surface area (Å²) in [6.07, 6.45) is 3.25. The van der Waals surface area contributed by atoms with E-state index in [1.54, 1.807) is 23.1 Å². The van der Waals surface area contributed by atoms with Gasteiger partial charge in [-0.1, -0.05) is 42.5 Å². The van der Waals surface area contributed by atoms with Crippen molar-refractivity contribution in [1.29, 1.82) is 0 Å². The molecule has 1 spiro atoms. The Hall–Kier alpha value is -5.66. The van der Waals surface area contributed by atoms with Crippen LogP contribution in [0.3, 0.4) is 0 Å². The van der Waals surface area contributed by atoms with Crippen LogP contribution in [0.4, 0.5) is 15.8 Å². The molecule has 2 N–H and O–H groups in total. The summed E-state index contributed by atoms with van der Waals surface area (Å²) in [5.74, 6) is 0.691. The van der Waals surface area contributed by atoms with Gasteiger partial charge in [0.05, 0.1) is 42.8 Å². The number of carbonyl (C=O) groups excluding carboxylic acids is 3. The van der Waals surface area contributed by atoms with Crippen molar-refractivity contribution in [2.45, 2.75) is 68.2 Å². The lowest BCUT2D eigenvalue weighted by molar-refractivity contribution is -0.136. The van der Waals surface area contributed by atoms with E-state index in [2.05, 4.69) is 38.2 Å². The number of phenols is 1. The molecule has 7 heterocycles. The summed E-state index contributed by atoms with van der Waals surface area (Å²) in [5, 5.41) is 12.6. The van der Waals surface area contributed by atoms with Crippen molar-refractivity contribution in [3.8, 4) is 17.2 Å². The van der Waals surface area contributed by atoms with Gasteiger partial charge in [0, 0.05) is 80.3 Å². The largest absolute Gasteiger partial charge is 0.508 e. The second-order valence-corrected chi connectivity index (χ2v) is 18.0. The van der Waals surface area contributed by atoms with Crippen LogP contribution < -0.4 is 24.6 Å². The number of amides is 3. The Bertz CT molecular complexity index is 2400. The lowest BCUT2D eigenvalue weighted by Gasteiger charge is -2.46. The second kappa shape index (κ2) is 15.1. The van der Waals surface area contributed by atoms with Crippen LogP contribution >= 0.6 is 0 Å². The zero-order valence-electron chi connectivity index (χ0n) is 34.1. The average molecular weight is 828 g/mol. The van der Waals surface area contributed by atoms with Gasteiger partial charge in [-0.25, -0.2) is 4.39 Å². The molecule has 0 aromatic heterocycles. The van der Waals surface area contributed by atoms with Crippen molar-refractivity contribution in [2.75, 3.05) is 68.9 Å². The molecule has 1 unspecified atom stereocenters. The summed E-state index contributed by atoms with van der Waals surface area (Å²) < 4.78 is 35.4. The van der Waals surface area contributed by atoms with Crippen LogP contribution in [-0.2, 0) is 20.9 Å². The summed E-state index contributed by atoms with van der Waals surface area (Å²) in [5.41, 5.74) is 5.80. The highest BCUT2D eigenvalue weighted by atomic mass is 19.1. The summed E-state index contributed by atoms with van der Waals surface area (Å²) in [4.78, 5) is 46.5. The Morgan fingerprint density at radius 3 is 2.49 bits per heavy atom. The third-order valence-electron chi connectivity index (χ3n) is 14.5. The number of fused-ring (bicyclic) bond motifs is 6. The number of piperazine rings is 1. The molecule has 5 atom stereocenters. The highest BCUT2D eigenvalue weighted by molar-refractivity contribution is 6.06. The maximum atomic E-state index is 16.2. The molecule has 12 nitrogen and oxygen atoms in total. The predicted molar refractivity (Wildman–Crippen MR) is 225 cm³/mol. The van der Waals surface area contributed by atoms with E-state index in [0.29, 0.717) is 49.1 Å². The van der Waals surface area contributed by atoms with Crippen molar-refractivity contribution in [3.05, 3.63) is 112 Å².